The molecule has 0 bridgehead atoms. The van der Waals surface area contributed by atoms with Crippen molar-refractivity contribution >= 4 is 38.8 Å². The van der Waals surface area contributed by atoms with Crippen molar-refractivity contribution in [3.05, 3.63) is 70.4 Å². The molecule has 0 N–H and O–H groups in total. The summed E-state index contributed by atoms with van der Waals surface area (Å²) in [5.41, 5.74) is 2.31. The predicted octanol–water partition coefficient (Wildman–Crippen LogP) is 5.58. The highest BCUT2D eigenvalue weighted by atomic mass is 32.1. The molecular formula is C22H18FN3OS2. The zero-order valence-electron chi connectivity index (χ0n) is 15.5. The molecule has 1 aliphatic rings. The third kappa shape index (κ3) is 3.68. The van der Waals surface area contributed by atoms with E-state index >= 15 is 0 Å². The number of carbonyl (C=O) groups is 1. The van der Waals surface area contributed by atoms with E-state index in [1.807, 2.05) is 23.1 Å². The molecular weight excluding hydrogens is 405 g/mol. The van der Waals surface area contributed by atoms with Gasteiger partial charge in [-0.05, 0) is 49.2 Å². The van der Waals surface area contributed by atoms with Crippen LogP contribution in [0.15, 0.2) is 53.9 Å². The van der Waals surface area contributed by atoms with Gasteiger partial charge in [-0.15, -0.1) is 22.7 Å². The van der Waals surface area contributed by atoms with E-state index in [-0.39, 0.29) is 17.6 Å². The molecule has 0 saturated carbocycles. The molecule has 3 heterocycles. The van der Waals surface area contributed by atoms with Crippen LogP contribution >= 0.6 is 22.7 Å². The number of hydrogen-bond acceptors (Lipinski definition) is 5. The summed E-state index contributed by atoms with van der Waals surface area (Å²) in [5.74, 6) is -0.0588. The third-order valence-electron chi connectivity index (χ3n) is 5.18. The monoisotopic (exact) mass is 423 g/mol. The molecule has 146 valence electrons. The topological polar surface area (TPSA) is 46.1 Å². The average molecular weight is 424 g/mol. The maximum Gasteiger partial charge on any atom is 0.273 e. The summed E-state index contributed by atoms with van der Waals surface area (Å²) < 4.78 is 14.3. The van der Waals surface area contributed by atoms with Gasteiger partial charge in [0.05, 0.1) is 15.2 Å². The van der Waals surface area contributed by atoms with E-state index in [1.54, 1.807) is 28.8 Å². The first-order valence-electron chi connectivity index (χ1n) is 9.53. The summed E-state index contributed by atoms with van der Waals surface area (Å²) in [5, 5.41) is 3.63. The highest BCUT2D eigenvalue weighted by molar-refractivity contribution is 7.18. The maximum absolute atomic E-state index is 13.1. The number of hydrogen-bond donors (Lipinski definition) is 0. The van der Waals surface area contributed by atoms with Gasteiger partial charge in [0.1, 0.15) is 16.5 Å². The first kappa shape index (κ1) is 18.4. The predicted molar refractivity (Wildman–Crippen MR) is 115 cm³/mol. The summed E-state index contributed by atoms with van der Waals surface area (Å²) in [6.45, 7) is 1.41. The molecule has 0 radical (unpaired) electrons. The van der Waals surface area contributed by atoms with Gasteiger partial charge in [0, 0.05) is 30.0 Å². The molecule has 4 nitrogen and oxygen atoms in total. The van der Waals surface area contributed by atoms with Crippen LogP contribution in [0.4, 0.5) is 4.39 Å². The first-order chi connectivity index (χ1) is 14.2. The zero-order chi connectivity index (χ0) is 19.8. The van der Waals surface area contributed by atoms with E-state index in [1.165, 1.54) is 28.2 Å². The number of halogens is 1. The molecule has 1 aliphatic heterocycles. The van der Waals surface area contributed by atoms with E-state index < -0.39 is 0 Å². The Balaban J connectivity index is 1.34. The summed E-state index contributed by atoms with van der Waals surface area (Å²) in [6.07, 6.45) is 2.00. The van der Waals surface area contributed by atoms with Crippen LogP contribution in [-0.4, -0.2) is 33.9 Å². The highest BCUT2D eigenvalue weighted by Gasteiger charge is 2.28. The second kappa shape index (κ2) is 7.65. The number of thiazole rings is 2. The molecule has 1 saturated heterocycles. The first-order valence-corrected chi connectivity index (χ1v) is 11.2. The molecule has 1 fully saturated rings. The number of nitrogens with zero attached hydrogens (tertiary/aromatic N) is 3. The van der Waals surface area contributed by atoms with Crippen LogP contribution in [0.3, 0.4) is 0 Å². The summed E-state index contributed by atoms with van der Waals surface area (Å²) in [6, 6.07) is 14.4. The van der Waals surface area contributed by atoms with Gasteiger partial charge in [-0.2, -0.15) is 0 Å². The molecule has 5 rings (SSSR count). The van der Waals surface area contributed by atoms with Crippen LogP contribution in [0.5, 0.6) is 0 Å². The minimum Gasteiger partial charge on any atom is -0.337 e. The number of piperidine rings is 1. The van der Waals surface area contributed by atoms with Gasteiger partial charge in [-0.25, -0.2) is 14.4 Å². The normalized spacial score (nSPS) is 17.0. The minimum atomic E-state index is -0.282. The van der Waals surface area contributed by atoms with Crippen molar-refractivity contribution in [1.82, 2.24) is 14.9 Å². The lowest BCUT2D eigenvalue weighted by molar-refractivity contribution is 0.0702. The number of fused-ring (bicyclic) bond motifs is 1. The lowest BCUT2D eigenvalue weighted by Crippen LogP contribution is -2.39. The number of rotatable bonds is 3. The van der Waals surface area contributed by atoms with E-state index in [4.69, 9.17) is 4.98 Å². The number of likely N-dealkylation sites (tertiary alicyclic amines) is 1. The quantitative estimate of drug-likeness (QED) is 0.432. The van der Waals surface area contributed by atoms with Crippen molar-refractivity contribution in [3.8, 4) is 10.6 Å². The van der Waals surface area contributed by atoms with Crippen LogP contribution in [0.2, 0.25) is 0 Å². The zero-order valence-corrected chi connectivity index (χ0v) is 17.2. The second-order valence-corrected chi connectivity index (χ2v) is 9.08. The van der Waals surface area contributed by atoms with Gasteiger partial charge in [0.2, 0.25) is 0 Å². The second-order valence-electron chi connectivity index (χ2n) is 7.15. The van der Waals surface area contributed by atoms with Gasteiger partial charge in [0.25, 0.3) is 5.91 Å². The van der Waals surface area contributed by atoms with E-state index in [9.17, 15) is 9.18 Å². The number of carbonyl (C=O) groups excluding carboxylic acids is 1. The standard InChI is InChI=1S/C22H18FN3OS2/c23-16-9-7-14(8-10-16)20-25-18(13-28-20)22(27)26-11-3-4-15(12-26)21-24-17-5-1-2-6-19(17)29-21/h1-2,5-10,13,15H,3-4,11-12H2/t15-/m1/s1. The van der Waals surface area contributed by atoms with E-state index in [2.05, 4.69) is 11.1 Å². The Labute approximate surface area is 175 Å². The van der Waals surface area contributed by atoms with Crippen molar-refractivity contribution in [3.63, 3.8) is 0 Å². The Morgan fingerprint density at radius 2 is 1.93 bits per heavy atom. The maximum atomic E-state index is 13.1. The SMILES string of the molecule is O=C(c1csc(-c2ccc(F)cc2)n1)N1CCC[C@@H](c2nc3ccccc3s2)C1. The van der Waals surface area contributed by atoms with Gasteiger partial charge in [0.15, 0.2) is 0 Å². The third-order valence-corrected chi connectivity index (χ3v) is 7.27. The molecule has 7 heteroatoms. The van der Waals surface area contributed by atoms with Crippen molar-refractivity contribution < 1.29 is 9.18 Å². The number of benzene rings is 2. The van der Waals surface area contributed by atoms with Gasteiger partial charge in [-0.3, -0.25) is 4.79 Å². The summed E-state index contributed by atoms with van der Waals surface area (Å²) >= 11 is 3.13. The van der Waals surface area contributed by atoms with Gasteiger partial charge < -0.3 is 4.90 Å². The molecule has 0 unspecified atom stereocenters. The molecule has 29 heavy (non-hydrogen) atoms. The molecule has 1 amide bonds. The molecule has 2 aromatic carbocycles. The largest absolute Gasteiger partial charge is 0.337 e. The average Bonchev–Trinajstić information content (AvgIpc) is 3.41. The van der Waals surface area contributed by atoms with Crippen LogP contribution in [-0.2, 0) is 0 Å². The van der Waals surface area contributed by atoms with Crippen LogP contribution in [0.25, 0.3) is 20.8 Å². The fourth-order valence-electron chi connectivity index (χ4n) is 3.69. The van der Waals surface area contributed by atoms with Crippen molar-refractivity contribution in [2.24, 2.45) is 0 Å². The minimum absolute atomic E-state index is 0.0413. The van der Waals surface area contributed by atoms with Crippen LogP contribution < -0.4 is 0 Å². The van der Waals surface area contributed by atoms with E-state index in [0.29, 0.717) is 12.2 Å². The molecule has 1 atom stereocenters. The lowest BCUT2D eigenvalue weighted by atomic mass is 9.98. The van der Waals surface area contributed by atoms with Crippen LogP contribution in [0.1, 0.15) is 34.3 Å². The van der Waals surface area contributed by atoms with Crippen molar-refractivity contribution in [2.75, 3.05) is 13.1 Å². The Morgan fingerprint density at radius 1 is 1.10 bits per heavy atom. The van der Waals surface area contributed by atoms with Crippen molar-refractivity contribution in [1.29, 1.82) is 0 Å². The Hall–Kier alpha value is -2.64. The highest BCUT2D eigenvalue weighted by Crippen LogP contribution is 2.33. The number of aromatic nitrogens is 2. The van der Waals surface area contributed by atoms with Gasteiger partial charge >= 0.3 is 0 Å². The number of para-hydroxylation sites is 1. The Bertz CT molecular complexity index is 1140. The summed E-state index contributed by atoms with van der Waals surface area (Å²) in [4.78, 5) is 24.2. The van der Waals surface area contributed by atoms with Gasteiger partial charge in [-0.1, -0.05) is 12.1 Å². The smallest absolute Gasteiger partial charge is 0.273 e. The van der Waals surface area contributed by atoms with Crippen molar-refractivity contribution in [2.45, 2.75) is 18.8 Å². The molecule has 4 aromatic rings. The molecule has 0 aliphatic carbocycles. The molecule has 2 aromatic heterocycles. The fourth-order valence-corrected chi connectivity index (χ4v) is 5.58. The van der Waals surface area contributed by atoms with E-state index in [0.717, 1.165) is 40.5 Å². The molecule has 0 spiro atoms. The Morgan fingerprint density at radius 3 is 2.76 bits per heavy atom. The van der Waals surface area contributed by atoms with Crippen LogP contribution in [0, 0.1) is 5.82 Å². The lowest BCUT2D eigenvalue weighted by Gasteiger charge is -2.31. The Kier molecular flexibility index (Phi) is 4.85. The number of amides is 1. The fraction of sp³-hybridized carbons (Fsp3) is 0.227. The summed E-state index contributed by atoms with van der Waals surface area (Å²) in [7, 11) is 0.